The maximum absolute atomic E-state index is 14.6. The molecular formula is C35H53N3O4. The molecule has 2 aromatic rings. The van der Waals surface area contributed by atoms with Gasteiger partial charge in [-0.2, -0.15) is 0 Å². The van der Waals surface area contributed by atoms with Gasteiger partial charge >= 0.3 is 6.09 Å². The highest BCUT2D eigenvalue weighted by Crippen LogP contribution is 2.26. The molecule has 0 aliphatic heterocycles. The highest BCUT2D eigenvalue weighted by molar-refractivity contribution is 5.92. The predicted octanol–water partition coefficient (Wildman–Crippen LogP) is 7.28. The lowest BCUT2D eigenvalue weighted by molar-refractivity contribution is -0.143. The maximum Gasteiger partial charge on any atom is 0.408 e. The van der Waals surface area contributed by atoms with Gasteiger partial charge in [0.2, 0.25) is 11.8 Å². The number of carbonyl (C=O) groups excluding carboxylic acids is 3. The van der Waals surface area contributed by atoms with Crippen LogP contribution in [0.15, 0.2) is 54.6 Å². The third-order valence-corrected chi connectivity index (χ3v) is 6.72. The van der Waals surface area contributed by atoms with E-state index in [-0.39, 0.29) is 18.2 Å². The van der Waals surface area contributed by atoms with Gasteiger partial charge in [-0.25, -0.2) is 4.79 Å². The van der Waals surface area contributed by atoms with Crippen molar-refractivity contribution in [3.8, 4) is 0 Å². The summed E-state index contributed by atoms with van der Waals surface area (Å²) in [5.41, 5.74) is 1.43. The zero-order chi connectivity index (χ0) is 31.3. The monoisotopic (exact) mass is 579 g/mol. The second kappa shape index (κ2) is 16.3. The molecule has 0 aromatic heterocycles. The van der Waals surface area contributed by atoms with Gasteiger partial charge < -0.3 is 20.3 Å². The number of aryl methyl sites for hydroxylation is 1. The third kappa shape index (κ3) is 12.7. The van der Waals surface area contributed by atoms with Crippen LogP contribution in [-0.4, -0.2) is 46.5 Å². The summed E-state index contributed by atoms with van der Waals surface area (Å²) in [6.45, 7) is 15.7. The zero-order valence-corrected chi connectivity index (χ0v) is 27.1. The lowest BCUT2D eigenvalue weighted by atomic mass is 9.97. The third-order valence-electron chi connectivity index (χ3n) is 6.72. The van der Waals surface area contributed by atoms with Crippen molar-refractivity contribution in [1.82, 2.24) is 15.5 Å². The highest BCUT2D eigenvalue weighted by atomic mass is 16.6. The van der Waals surface area contributed by atoms with Crippen LogP contribution in [0.2, 0.25) is 0 Å². The Labute approximate surface area is 253 Å². The molecule has 7 nitrogen and oxygen atoms in total. The van der Waals surface area contributed by atoms with Gasteiger partial charge in [-0.3, -0.25) is 9.59 Å². The molecule has 0 bridgehead atoms. The van der Waals surface area contributed by atoms with Gasteiger partial charge in [0.15, 0.2) is 0 Å². The van der Waals surface area contributed by atoms with Gasteiger partial charge in [-0.05, 0) is 66.0 Å². The van der Waals surface area contributed by atoms with Gasteiger partial charge in [-0.1, -0.05) is 99.2 Å². The van der Waals surface area contributed by atoms with Gasteiger partial charge in [0, 0.05) is 18.5 Å². The average molecular weight is 580 g/mol. The average Bonchev–Trinajstić information content (AvgIpc) is 2.87. The van der Waals surface area contributed by atoms with Crippen molar-refractivity contribution in [2.24, 2.45) is 0 Å². The smallest absolute Gasteiger partial charge is 0.408 e. The van der Waals surface area contributed by atoms with Crippen molar-refractivity contribution in [3.05, 3.63) is 71.3 Å². The molecule has 42 heavy (non-hydrogen) atoms. The van der Waals surface area contributed by atoms with Gasteiger partial charge in [0.05, 0.1) is 0 Å². The Morgan fingerprint density at radius 3 is 2.10 bits per heavy atom. The minimum absolute atomic E-state index is 0.247. The molecule has 2 unspecified atom stereocenters. The molecule has 2 atom stereocenters. The topological polar surface area (TPSA) is 87.7 Å². The largest absolute Gasteiger partial charge is 0.444 e. The van der Waals surface area contributed by atoms with Crippen molar-refractivity contribution in [2.75, 3.05) is 6.54 Å². The maximum atomic E-state index is 14.6. The van der Waals surface area contributed by atoms with E-state index >= 15 is 0 Å². The van der Waals surface area contributed by atoms with Crippen molar-refractivity contribution in [1.29, 1.82) is 0 Å². The molecule has 0 aliphatic carbocycles. The number of amides is 3. The molecule has 3 amide bonds. The number of benzene rings is 2. The Morgan fingerprint density at radius 2 is 1.50 bits per heavy atom. The van der Waals surface area contributed by atoms with E-state index in [9.17, 15) is 14.4 Å². The molecule has 2 aromatic carbocycles. The number of hydrogen-bond donors (Lipinski definition) is 2. The van der Waals surface area contributed by atoms with E-state index in [4.69, 9.17) is 4.74 Å². The van der Waals surface area contributed by atoms with E-state index in [0.717, 1.165) is 48.8 Å². The van der Waals surface area contributed by atoms with E-state index in [1.54, 1.807) is 25.7 Å². The minimum Gasteiger partial charge on any atom is -0.444 e. The number of unbranched alkanes of at least 4 members (excludes halogenated alkanes) is 5. The van der Waals surface area contributed by atoms with Crippen LogP contribution < -0.4 is 10.6 Å². The molecule has 0 fully saturated rings. The molecule has 2 N–H and O–H groups in total. The Bertz CT molecular complexity index is 1130. The molecule has 232 valence electrons. The number of nitrogens with one attached hydrogen (secondary N) is 2. The molecule has 0 spiro atoms. The van der Waals surface area contributed by atoms with E-state index in [2.05, 4.69) is 17.6 Å². The molecule has 0 saturated carbocycles. The van der Waals surface area contributed by atoms with Crippen LogP contribution in [0.3, 0.4) is 0 Å². The first-order chi connectivity index (χ1) is 19.7. The summed E-state index contributed by atoms with van der Waals surface area (Å²) in [5.74, 6) is -0.558. The number of hydrogen-bond acceptors (Lipinski definition) is 4. The molecule has 0 radical (unpaired) electrons. The Morgan fingerprint density at radius 1 is 0.857 bits per heavy atom. The molecule has 0 heterocycles. The standard InChI is InChI=1S/C35H53N3O4/c1-9-10-11-12-13-17-23-38(30(31(39)37-34(3,4)5)28-22-18-19-26(2)24-28)32(40)29(25-27-20-15-14-16-21-27)36-33(41)42-35(6,7)8/h14-16,18-22,24,29-30H,9-13,17,23,25H2,1-8H3,(H,36,41)(H,37,39). The summed E-state index contributed by atoms with van der Waals surface area (Å²) in [6.07, 6.45) is 5.87. The Kier molecular flexibility index (Phi) is 13.5. The summed E-state index contributed by atoms with van der Waals surface area (Å²) in [7, 11) is 0. The minimum atomic E-state index is -0.919. The molecule has 0 aliphatic rings. The lowest BCUT2D eigenvalue weighted by Gasteiger charge is -2.36. The van der Waals surface area contributed by atoms with Crippen LogP contribution >= 0.6 is 0 Å². The SMILES string of the molecule is CCCCCCCCN(C(=O)C(Cc1ccccc1)NC(=O)OC(C)(C)C)C(C(=O)NC(C)(C)C)c1cccc(C)c1. The second-order valence-corrected chi connectivity index (χ2v) is 13.2. The summed E-state index contributed by atoms with van der Waals surface area (Å²) >= 11 is 0. The van der Waals surface area contributed by atoms with Crippen molar-refractivity contribution >= 4 is 17.9 Å². The van der Waals surface area contributed by atoms with Crippen LogP contribution in [0.25, 0.3) is 0 Å². The number of rotatable bonds is 14. The van der Waals surface area contributed by atoms with E-state index in [1.165, 1.54) is 6.42 Å². The number of alkyl carbamates (subject to hydrolysis) is 1. The summed E-state index contributed by atoms with van der Waals surface area (Å²) < 4.78 is 5.55. The fourth-order valence-electron chi connectivity index (χ4n) is 4.88. The normalized spacial score (nSPS) is 13.1. The first-order valence-electron chi connectivity index (χ1n) is 15.4. The number of nitrogens with zero attached hydrogens (tertiary/aromatic N) is 1. The molecular weight excluding hydrogens is 526 g/mol. The first kappa shape index (κ1) is 34.8. The summed E-state index contributed by atoms with van der Waals surface area (Å²) in [4.78, 5) is 43.2. The fourth-order valence-corrected chi connectivity index (χ4v) is 4.88. The predicted molar refractivity (Wildman–Crippen MR) is 170 cm³/mol. The van der Waals surface area contributed by atoms with E-state index in [0.29, 0.717) is 6.54 Å². The molecule has 0 saturated heterocycles. The van der Waals surface area contributed by atoms with Crippen molar-refractivity contribution < 1.29 is 19.1 Å². The zero-order valence-electron chi connectivity index (χ0n) is 27.1. The highest BCUT2D eigenvalue weighted by Gasteiger charge is 2.37. The van der Waals surface area contributed by atoms with E-state index < -0.39 is 29.3 Å². The van der Waals surface area contributed by atoms with Crippen LogP contribution in [-0.2, 0) is 20.7 Å². The summed E-state index contributed by atoms with van der Waals surface area (Å²) in [6, 6.07) is 15.6. The van der Waals surface area contributed by atoms with Crippen LogP contribution in [0.4, 0.5) is 4.79 Å². The van der Waals surface area contributed by atoms with Gasteiger partial charge in [-0.15, -0.1) is 0 Å². The van der Waals surface area contributed by atoms with Crippen molar-refractivity contribution in [3.63, 3.8) is 0 Å². The quantitative estimate of drug-likeness (QED) is 0.230. The number of ether oxygens (including phenoxy) is 1. The summed E-state index contributed by atoms with van der Waals surface area (Å²) in [5, 5.41) is 5.95. The van der Waals surface area contributed by atoms with Gasteiger partial charge in [0.25, 0.3) is 0 Å². The fraction of sp³-hybridized carbons (Fsp3) is 0.571. The Hall–Kier alpha value is -3.35. The Balaban J connectivity index is 2.54. The first-order valence-corrected chi connectivity index (χ1v) is 15.4. The molecule has 2 rings (SSSR count). The van der Waals surface area contributed by atoms with Crippen LogP contribution in [0.5, 0.6) is 0 Å². The van der Waals surface area contributed by atoms with Crippen LogP contribution in [0.1, 0.15) is 110 Å². The van der Waals surface area contributed by atoms with E-state index in [1.807, 2.05) is 82.3 Å². The molecule has 7 heteroatoms. The van der Waals surface area contributed by atoms with Crippen LogP contribution in [0, 0.1) is 6.92 Å². The lowest BCUT2D eigenvalue weighted by Crippen LogP contribution is -2.55. The number of carbonyl (C=O) groups is 3. The second-order valence-electron chi connectivity index (χ2n) is 13.2. The van der Waals surface area contributed by atoms with Gasteiger partial charge in [0.1, 0.15) is 17.7 Å². The van der Waals surface area contributed by atoms with Crippen molar-refractivity contribution in [2.45, 2.75) is 124 Å².